The molecule has 5 heterocycles. The molecule has 0 saturated heterocycles. The van der Waals surface area contributed by atoms with Crippen molar-refractivity contribution in [2.75, 3.05) is 14.7 Å². The number of hydrogen-bond donors (Lipinski definition) is 0. The third-order valence-corrected chi connectivity index (χ3v) is 15.5. The van der Waals surface area contributed by atoms with E-state index in [4.69, 9.17) is 4.74 Å². The quantitative estimate of drug-likeness (QED) is 0.130. The number of nitrogens with zero attached hydrogens (tertiary/aromatic N) is 3. The van der Waals surface area contributed by atoms with Crippen LogP contribution in [0.3, 0.4) is 0 Å². The highest BCUT2D eigenvalue weighted by Crippen LogP contribution is 2.51. The number of thiophene rings is 1. The smallest absolute Gasteiger partial charge is 0.264 e. The molecular formula is C58H35B2N3OS. The minimum atomic E-state index is -0.0531. The average Bonchev–Trinajstić information content (AvgIpc) is 3.77. The van der Waals surface area contributed by atoms with Gasteiger partial charge in [0.05, 0.1) is 5.69 Å². The van der Waals surface area contributed by atoms with Gasteiger partial charge in [-0.25, -0.2) is 0 Å². The molecule has 4 aliphatic rings. The number of anilines is 9. The second-order valence-corrected chi connectivity index (χ2v) is 18.5. The largest absolute Gasteiger partial charge is 0.458 e. The van der Waals surface area contributed by atoms with Gasteiger partial charge in [0, 0.05) is 71.8 Å². The molecular weight excluding hydrogens is 808 g/mol. The number of para-hydroxylation sites is 4. The summed E-state index contributed by atoms with van der Waals surface area (Å²) in [7, 11) is 0. The first-order valence-electron chi connectivity index (χ1n) is 22.4. The summed E-state index contributed by atoms with van der Waals surface area (Å²) in [6, 6.07) is 78.0. The van der Waals surface area contributed by atoms with Crippen molar-refractivity contribution in [3.05, 3.63) is 212 Å². The standard InChI is InChI=1S/C58H35B2N3OS/c1-4-18-36(19-5-1)61-46-29-15-14-28-43(46)59-45-34-44-50(35-52(45)64-51-33-17-32-49(61)55(51)59)62(37-20-6-2-7-21-37)47-30-16-31-48-54(47)60(44)58-56(63(48)38-22-8-3-9-23-38)53-41-26-12-10-24-39(41)40-25-11-13-27-42(40)57(53)65-58/h1-35H. The van der Waals surface area contributed by atoms with Crippen LogP contribution < -0.4 is 51.5 Å². The van der Waals surface area contributed by atoms with Crippen LogP contribution in [0.15, 0.2) is 212 Å². The topological polar surface area (TPSA) is 19.0 Å². The van der Waals surface area contributed by atoms with Gasteiger partial charge in [-0.2, -0.15) is 0 Å². The molecule has 0 N–H and O–H groups in total. The average molecular weight is 844 g/mol. The summed E-state index contributed by atoms with van der Waals surface area (Å²) in [4.78, 5) is 7.46. The van der Waals surface area contributed by atoms with Crippen molar-refractivity contribution in [3.63, 3.8) is 0 Å². The molecule has 1 aromatic heterocycles. The van der Waals surface area contributed by atoms with Gasteiger partial charge < -0.3 is 19.4 Å². The second kappa shape index (κ2) is 13.3. The molecule has 10 aromatic carbocycles. The van der Waals surface area contributed by atoms with Gasteiger partial charge in [-0.3, -0.25) is 0 Å². The van der Waals surface area contributed by atoms with Crippen LogP contribution in [0.5, 0.6) is 11.5 Å². The second-order valence-electron chi connectivity index (χ2n) is 17.5. The molecule has 300 valence electrons. The molecule has 0 saturated carbocycles. The van der Waals surface area contributed by atoms with E-state index in [-0.39, 0.29) is 13.4 Å². The van der Waals surface area contributed by atoms with Crippen molar-refractivity contribution in [2.45, 2.75) is 0 Å². The Hall–Kier alpha value is -7.99. The molecule has 0 fully saturated rings. The van der Waals surface area contributed by atoms with E-state index in [2.05, 4.69) is 227 Å². The van der Waals surface area contributed by atoms with E-state index in [0.717, 1.165) is 39.9 Å². The number of benzene rings is 10. The molecule has 0 aliphatic carbocycles. The number of ether oxygens (including phenoxy) is 1. The van der Waals surface area contributed by atoms with E-state index < -0.39 is 0 Å². The Bertz CT molecular complexity index is 3800. The van der Waals surface area contributed by atoms with Gasteiger partial charge in [-0.05, 0) is 110 Å². The first kappa shape index (κ1) is 35.5. The minimum Gasteiger partial charge on any atom is -0.458 e. The Morgan fingerprint density at radius 2 is 0.877 bits per heavy atom. The maximum atomic E-state index is 7.20. The van der Waals surface area contributed by atoms with Crippen LogP contribution in [-0.2, 0) is 0 Å². The summed E-state index contributed by atoms with van der Waals surface area (Å²) >= 11 is 1.98. The highest BCUT2D eigenvalue weighted by Gasteiger charge is 2.48. The lowest BCUT2D eigenvalue weighted by atomic mass is 9.31. The Labute approximate surface area is 381 Å². The van der Waals surface area contributed by atoms with Crippen LogP contribution in [0.1, 0.15) is 0 Å². The molecule has 11 aromatic rings. The number of fused-ring (bicyclic) bond motifs is 15. The van der Waals surface area contributed by atoms with E-state index in [0.29, 0.717) is 0 Å². The SMILES string of the molecule is c1ccc(N2c3ccccc3B3c4cc5c(cc4Oc4cccc2c43)N(c2ccccc2)c2cccc3c2B5c2sc4c5ccccc5c5ccccc5c4c2N3c2ccccc2)cc1. The fraction of sp³-hybridized carbons (Fsp3) is 0. The van der Waals surface area contributed by atoms with E-state index in [9.17, 15) is 0 Å². The van der Waals surface area contributed by atoms with Crippen LogP contribution >= 0.6 is 11.3 Å². The third kappa shape index (κ3) is 4.77. The van der Waals surface area contributed by atoms with Crippen molar-refractivity contribution in [3.8, 4) is 11.5 Å². The van der Waals surface area contributed by atoms with Gasteiger partial charge in [-0.1, -0.05) is 140 Å². The summed E-state index contributed by atoms with van der Waals surface area (Å²) < 4.78 is 9.88. The van der Waals surface area contributed by atoms with Gasteiger partial charge in [0.1, 0.15) is 11.5 Å². The predicted octanol–water partition coefficient (Wildman–Crippen LogP) is 11.7. The lowest BCUT2D eigenvalue weighted by Crippen LogP contribution is -2.63. The number of hydrogen-bond acceptors (Lipinski definition) is 5. The van der Waals surface area contributed by atoms with Crippen LogP contribution in [-0.4, -0.2) is 13.4 Å². The maximum Gasteiger partial charge on any atom is 0.264 e. The zero-order chi connectivity index (χ0) is 42.3. The van der Waals surface area contributed by atoms with Gasteiger partial charge in [-0.15, -0.1) is 11.3 Å². The molecule has 4 aliphatic heterocycles. The number of rotatable bonds is 3. The molecule has 65 heavy (non-hydrogen) atoms. The van der Waals surface area contributed by atoms with Crippen molar-refractivity contribution in [1.29, 1.82) is 0 Å². The summed E-state index contributed by atoms with van der Waals surface area (Å²) in [6.45, 7) is -0.0879. The van der Waals surface area contributed by atoms with E-state index in [1.54, 1.807) is 0 Å². The van der Waals surface area contributed by atoms with Gasteiger partial charge in [0.15, 0.2) is 0 Å². The first-order chi connectivity index (χ1) is 32.3. The molecule has 0 spiro atoms. The zero-order valence-electron chi connectivity index (χ0n) is 35.0. The monoisotopic (exact) mass is 843 g/mol. The van der Waals surface area contributed by atoms with Crippen LogP contribution in [0, 0.1) is 0 Å². The lowest BCUT2D eigenvalue weighted by molar-refractivity contribution is 0.488. The fourth-order valence-electron chi connectivity index (χ4n) is 11.7. The van der Waals surface area contributed by atoms with E-state index in [1.807, 2.05) is 11.3 Å². The van der Waals surface area contributed by atoms with E-state index in [1.165, 1.54) is 86.5 Å². The zero-order valence-corrected chi connectivity index (χ0v) is 35.8. The summed E-state index contributed by atoms with van der Waals surface area (Å²) in [5, 5.41) is 6.47. The summed E-state index contributed by atoms with van der Waals surface area (Å²) in [5.74, 6) is 1.80. The predicted molar refractivity (Wildman–Crippen MR) is 277 cm³/mol. The molecule has 0 radical (unpaired) electrons. The molecule has 4 nitrogen and oxygen atoms in total. The molecule has 7 heteroatoms. The van der Waals surface area contributed by atoms with Crippen LogP contribution in [0.4, 0.5) is 51.2 Å². The Balaban J connectivity index is 1.06. The van der Waals surface area contributed by atoms with Crippen LogP contribution in [0.25, 0.3) is 31.6 Å². The van der Waals surface area contributed by atoms with Crippen molar-refractivity contribution >= 4 is 140 Å². The fourth-order valence-corrected chi connectivity index (χ4v) is 13.2. The Morgan fingerprint density at radius 1 is 0.354 bits per heavy atom. The van der Waals surface area contributed by atoms with Gasteiger partial charge in [0.2, 0.25) is 0 Å². The van der Waals surface area contributed by atoms with Gasteiger partial charge in [0.25, 0.3) is 13.4 Å². The highest BCUT2D eigenvalue weighted by atomic mass is 32.1. The molecule has 15 rings (SSSR count). The third-order valence-electron chi connectivity index (χ3n) is 14.2. The minimum absolute atomic E-state index is 0.0348. The Morgan fingerprint density at radius 3 is 1.58 bits per heavy atom. The summed E-state index contributed by atoms with van der Waals surface area (Å²) in [6.07, 6.45) is 0. The highest BCUT2D eigenvalue weighted by molar-refractivity contribution is 7.34. The maximum absolute atomic E-state index is 7.20. The molecule has 0 unspecified atom stereocenters. The van der Waals surface area contributed by atoms with Crippen molar-refractivity contribution in [2.24, 2.45) is 0 Å². The summed E-state index contributed by atoms with van der Waals surface area (Å²) in [5.41, 5.74) is 16.8. The van der Waals surface area contributed by atoms with Gasteiger partial charge >= 0.3 is 0 Å². The lowest BCUT2D eigenvalue weighted by Gasteiger charge is -2.44. The molecule has 0 amide bonds. The van der Waals surface area contributed by atoms with Crippen molar-refractivity contribution < 1.29 is 4.74 Å². The molecule has 0 atom stereocenters. The molecule has 0 bridgehead atoms. The van der Waals surface area contributed by atoms with E-state index >= 15 is 0 Å². The van der Waals surface area contributed by atoms with Crippen LogP contribution in [0.2, 0.25) is 0 Å². The van der Waals surface area contributed by atoms with Crippen molar-refractivity contribution in [1.82, 2.24) is 0 Å². The Kier molecular flexibility index (Phi) is 7.24. The normalized spacial score (nSPS) is 13.8. The first-order valence-corrected chi connectivity index (χ1v) is 23.2.